The summed E-state index contributed by atoms with van der Waals surface area (Å²) >= 11 is 0. The first-order valence-electron chi connectivity index (χ1n) is 7.38. The molecule has 4 heteroatoms. The number of aryl methyl sites for hydroxylation is 1. The van der Waals surface area contributed by atoms with E-state index < -0.39 is 0 Å². The van der Waals surface area contributed by atoms with Gasteiger partial charge in [-0.25, -0.2) is 4.98 Å². The topological polar surface area (TPSA) is 42.7 Å². The highest BCUT2D eigenvalue weighted by molar-refractivity contribution is 5.81. The van der Waals surface area contributed by atoms with E-state index in [1.807, 2.05) is 29.1 Å². The Morgan fingerprint density at radius 1 is 1.24 bits per heavy atom. The molecule has 1 aromatic carbocycles. The summed E-state index contributed by atoms with van der Waals surface area (Å²) in [4.78, 5) is 4.76. The number of anilines is 1. The fraction of sp³-hybridized carbons (Fsp3) is 0.294. The second kappa shape index (κ2) is 5.95. The molecule has 0 bridgehead atoms. The molecule has 21 heavy (non-hydrogen) atoms. The molecule has 3 rings (SSSR count). The number of fused-ring (bicyclic) bond motifs is 1. The van der Waals surface area contributed by atoms with Crippen LogP contribution in [0.3, 0.4) is 0 Å². The van der Waals surface area contributed by atoms with E-state index in [2.05, 4.69) is 42.6 Å². The number of benzene rings is 1. The van der Waals surface area contributed by atoms with Crippen molar-refractivity contribution in [2.75, 3.05) is 11.9 Å². The van der Waals surface area contributed by atoms with Gasteiger partial charge >= 0.3 is 0 Å². The predicted molar refractivity (Wildman–Crippen MR) is 86.6 cm³/mol. The van der Waals surface area contributed by atoms with Crippen molar-refractivity contribution < 1.29 is 0 Å². The third-order valence-electron chi connectivity index (χ3n) is 3.44. The number of hydrogen-bond acceptors (Lipinski definition) is 3. The minimum Gasteiger partial charge on any atom is -0.370 e. The molecular formula is C17H20N4. The van der Waals surface area contributed by atoms with E-state index in [1.54, 1.807) is 0 Å². The number of aromatic nitrogens is 3. The summed E-state index contributed by atoms with van der Waals surface area (Å²) in [6.07, 6.45) is 5.02. The molecule has 108 valence electrons. The van der Waals surface area contributed by atoms with Gasteiger partial charge in [-0.1, -0.05) is 25.1 Å². The van der Waals surface area contributed by atoms with Crippen molar-refractivity contribution in [2.24, 2.45) is 0 Å². The molecule has 0 fully saturated rings. The Bertz CT molecular complexity index is 745. The maximum atomic E-state index is 4.76. The van der Waals surface area contributed by atoms with Crippen molar-refractivity contribution in [3.63, 3.8) is 0 Å². The Morgan fingerprint density at radius 3 is 2.86 bits per heavy atom. The summed E-state index contributed by atoms with van der Waals surface area (Å²) in [6.45, 7) is 5.87. The zero-order valence-corrected chi connectivity index (χ0v) is 12.5. The standard InChI is InChI=1S/C17H20N4/c1-3-8-18-17-15(12-21-11-13(2)10-19-21)9-14-6-4-5-7-16(14)20-17/h4-7,9-11H,3,8,12H2,1-2H3,(H,18,20). The average molecular weight is 280 g/mol. The highest BCUT2D eigenvalue weighted by Gasteiger charge is 2.08. The summed E-state index contributed by atoms with van der Waals surface area (Å²) in [5.74, 6) is 0.962. The zero-order chi connectivity index (χ0) is 14.7. The van der Waals surface area contributed by atoms with Gasteiger partial charge in [0.1, 0.15) is 5.82 Å². The van der Waals surface area contributed by atoms with Crippen LogP contribution in [0.15, 0.2) is 42.7 Å². The number of nitrogens with zero attached hydrogens (tertiary/aromatic N) is 3. The van der Waals surface area contributed by atoms with Gasteiger partial charge in [-0.05, 0) is 31.0 Å². The summed E-state index contributed by atoms with van der Waals surface area (Å²) in [5.41, 5.74) is 3.37. The van der Waals surface area contributed by atoms with E-state index >= 15 is 0 Å². The Kier molecular flexibility index (Phi) is 3.86. The molecule has 2 aromatic heterocycles. The van der Waals surface area contributed by atoms with Gasteiger partial charge in [0.15, 0.2) is 0 Å². The van der Waals surface area contributed by atoms with Crippen LogP contribution in [-0.4, -0.2) is 21.3 Å². The van der Waals surface area contributed by atoms with Crippen molar-refractivity contribution in [1.29, 1.82) is 0 Å². The molecule has 1 N–H and O–H groups in total. The smallest absolute Gasteiger partial charge is 0.131 e. The van der Waals surface area contributed by atoms with Gasteiger partial charge in [0, 0.05) is 23.7 Å². The fourth-order valence-corrected chi connectivity index (χ4v) is 2.40. The first-order valence-corrected chi connectivity index (χ1v) is 7.38. The highest BCUT2D eigenvalue weighted by atomic mass is 15.3. The second-order valence-electron chi connectivity index (χ2n) is 5.33. The van der Waals surface area contributed by atoms with Gasteiger partial charge in [0.2, 0.25) is 0 Å². The quantitative estimate of drug-likeness (QED) is 0.776. The lowest BCUT2D eigenvalue weighted by molar-refractivity contribution is 0.686. The van der Waals surface area contributed by atoms with Gasteiger partial charge in [0.25, 0.3) is 0 Å². The van der Waals surface area contributed by atoms with Crippen molar-refractivity contribution in [3.05, 3.63) is 53.9 Å². The summed E-state index contributed by atoms with van der Waals surface area (Å²) in [6, 6.07) is 10.4. The molecule has 0 saturated carbocycles. The molecule has 0 spiro atoms. The molecule has 3 aromatic rings. The van der Waals surface area contributed by atoms with Crippen molar-refractivity contribution >= 4 is 16.7 Å². The first kappa shape index (κ1) is 13.6. The normalized spacial score (nSPS) is 11.0. The number of rotatable bonds is 5. The fourth-order valence-electron chi connectivity index (χ4n) is 2.40. The molecule has 4 nitrogen and oxygen atoms in total. The molecule has 0 aliphatic carbocycles. The van der Waals surface area contributed by atoms with Crippen LogP contribution in [0.1, 0.15) is 24.5 Å². The van der Waals surface area contributed by atoms with Crippen molar-refractivity contribution in [3.8, 4) is 0 Å². The minimum absolute atomic E-state index is 0.734. The van der Waals surface area contributed by atoms with Crippen LogP contribution in [0.5, 0.6) is 0 Å². The summed E-state index contributed by atoms with van der Waals surface area (Å²) in [7, 11) is 0. The third-order valence-corrected chi connectivity index (χ3v) is 3.44. The largest absolute Gasteiger partial charge is 0.370 e. The molecule has 0 unspecified atom stereocenters. The van der Waals surface area contributed by atoms with Crippen LogP contribution in [-0.2, 0) is 6.54 Å². The van der Waals surface area contributed by atoms with E-state index in [0.717, 1.165) is 30.8 Å². The maximum Gasteiger partial charge on any atom is 0.131 e. The minimum atomic E-state index is 0.734. The maximum absolute atomic E-state index is 4.76. The lowest BCUT2D eigenvalue weighted by Gasteiger charge is -2.12. The number of nitrogens with one attached hydrogen (secondary N) is 1. The molecule has 2 heterocycles. The van der Waals surface area contributed by atoms with E-state index in [1.165, 1.54) is 16.5 Å². The number of hydrogen-bond donors (Lipinski definition) is 1. The number of pyridine rings is 1. The third kappa shape index (κ3) is 3.05. The summed E-state index contributed by atoms with van der Waals surface area (Å²) < 4.78 is 1.96. The highest BCUT2D eigenvalue weighted by Crippen LogP contribution is 2.21. The van der Waals surface area contributed by atoms with Gasteiger partial charge < -0.3 is 5.32 Å². The second-order valence-corrected chi connectivity index (χ2v) is 5.33. The van der Waals surface area contributed by atoms with Gasteiger partial charge in [0.05, 0.1) is 18.3 Å². The SMILES string of the molecule is CCCNc1nc2ccccc2cc1Cn1cc(C)cn1. The van der Waals surface area contributed by atoms with Crippen LogP contribution in [0, 0.1) is 6.92 Å². The Hall–Kier alpha value is -2.36. The van der Waals surface area contributed by atoms with Gasteiger partial charge in [-0.2, -0.15) is 5.10 Å². The van der Waals surface area contributed by atoms with Gasteiger partial charge in [-0.15, -0.1) is 0 Å². The molecule has 0 atom stereocenters. The predicted octanol–water partition coefficient (Wildman–Crippen LogP) is 3.61. The molecule has 0 amide bonds. The average Bonchev–Trinajstić information content (AvgIpc) is 2.90. The van der Waals surface area contributed by atoms with Crippen LogP contribution in [0.2, 0.25) is 0 Å². The molecule has 0 aliphatic rings. The van der Waals surface area contributed by atoms with Crippen LogP contribution < -0.4 is 5.32 Å². The monoisotopic (exact) mass is 280 g/mol. The van der Waals surface area contributed by atoms with E-state index in [4.69, 9.17) is 4.98 Å². The first-order chi connectivity index (χ1) is 10.3. The van der Waals surface area contributed by atoms with Crippen molar-refractivity contribution in [1.82, 2.24) is 14.8 Å². The molecule has 0 saturated heterocycles. The Balaban J connectivity index is 2.00. The van der Waals surface area contributed by atoms with Gasteiger partial charge in [-0.3, -0.25) is 4.68 Å². The van der Waals surface area contributed by atoms with Crippen LogP contribution in [0.25, 0.3) is 10.9 Å². The number of para-hydroxylation sites is 1. The molecular weight excluding hydrogens is 260 g/mol. The molecule has 0 aliphatic heterocycles. The van der Waals surface area contributed by atoms with Crippen LogP contribution in [0.4, 0.5) is 5.82 Å². The van der Waals surface area contributed by atoms with E-state index in [-0.39, 0.29) is 0 Å². The van der Waals surface area contributed by atoms with Crippen LogP contribution >= 0.6 is 0 Å². The lowest BCUT2D eigenvalue weighted by atomic mass is 10.1. The Labute approximate surface area is 124 Å². The summed E-state index contributed by atoms with van der Waals surface area (Å²) in [5, 5.41) is 8.97. The van der Waals surface area contributed by atoms with Crippen molar-refractivity contribution in [2.45, 2.75) is 26.8 Å². The Morgan fingerprint density at radius 2 is 2.10 bits per heavy atom. The zero-order valence-electron chi connectivity index (χ0n) is 12.5. The van der Waals surface area contributed by atoms with E-state index in [9.17, 15) is 0 Å². The van der Waals surface area contributed by atoms with E-state index in [0.29, 0.717) is 0 Å². The lowest BCUT2D eigenvalue weighted by Crippen LogP contribution is -2.09. The molecule has 0 radical (unpaired) electrons.